The third kappa shape index (κ3) is 7.05. The monoisotopic (exact) mass is 473 g/mol. The quantitative estimate of drug-likeness (QED) is 0.573. The Morgan fingerprint density at radius 1 is 1.00 bits per heavy atom. The average molecular weight is 474 g/mol. The molecule has 7 nitrogen and oxygen atoms in total. The van der Waals surface area contributed by atoms with E-state index in [-0.39, 0.29) is 18.4 Å². The van der Waals surface area contributed by atoms with Crippen LogP contribution in [-0.4, -0.2) is 50.5 Å². The maximum Gasteiger partial charge on any atom is 0.244 e. The molecule has 2 aromatic carbocycles. The van der Waals surface area contributed by atoms with E-state index in [0.717, 1.165) is 27.3 Å². The highest BCUT2D eigenvalue weighted by Gasteiger charge is 2.30. The van der Waals surface area contributed by atoms with E-state index in [4.69, 9.17) is 0 Å². The largest absolute Gasteiger partial charge is 0.355 e. The van der Waals surface area contributed by atoms with E-state index in [1.807, 2.05) is 64.1 Å². The first-order valence-electron chi connectivity index (χ1n) is 11.1. The fraction of sp³-hybridized carbons (Fsp3) is 0.440. The lowest BCUT2D eigenvalue weighted by atomic mass is 10.0. The predicted molar refractivity (Wildman–Crippen MR) is 133 cm³/mol. The molecule has 0 fully saturated rings. The average Bonchev–Trinajstić information content (AvgIpc) is 2.75. The van der Waals surface area contributed by atoms with E-state index in [9.17, 15) is 18.0 Å². The van der Waals surface area contributed by atoms with Gasteiger partial charge >= 0.3 is 0 Å². The number of nitrogens with one attached hydrogen (secondary N) is 1. The van der Waals surface area contributed by atoms with E-state index < -0.39 is 28.5 Å². The van der Waals surface area contributed by atoms with Crippen molar-refractivity contribution >= 4 is 27.5 Å². The lowest BCUT2D eigenvalue weighted by Crippen LogP contribution is -2.51. The van der Waals surface area contributed by atoms with E-state index in [1.165, 1.54) is 4.90 Å². The normalized spacial score (nSPS) is 12.3. The maximum atomic E-state index is 13.5. The van der Waals surface area contributed by atoms with Gasteiger partial charge in [0.15, 0.2) is 0 Å². The minimum absolute atomic E-state index is 0.0680. The molecule has 0 heterocycles. The van der Waals surface area contributed by atoms with Crippen LogP contribution >= 0.6 is 0 Å². The Balaban J connectivity index is 2.44. The topological polar surface area (TPSA) is 86.8 Å². The van der Waals surface area contributed by atoms with Crippen molar-refractivity contribution in [3.8, 4) is 0 Å². The van der Waals surface area contributed by atoms with Crippen molar-refractivity contribution in [3.63, 3.8) is 0 Å². The predicted octanol–water partition coefficient (Wildman–Crippen LogP) is 3.44. The number of amides is 2. The Labute approximate surface area is 197 Å². The summed E-state index contributed by atoms with van der Waals surface area (Å²) in [5, 5.41) is 2.75. The summed E-state index contributed by atoms with van der Waals surface area (Å²) in [5.74, 6) is -0.664. The number of carbonyl (C=O) groups is 2. The third-order valence-corrected chi connectivity index (χ3v) is 6.62. The zero-order valence-electron chi connectivity index (χ0n) is 20.3. The van der Waals surface area contributed by atoms with Gasteiger partial charge in [0, 0.05) is 13.1 Å². The molecule has 33 heavy (non-hydrogen) atoms. The van der Waals surface area contributed by atoms with Crippen LogP contribution in [0, 0.1) is 6.92 Å². The summed E-state index contributed by atoms with van der Waals surface area (Å²) < 4.78 is 26.6. The smallest absolute Gasteiger partial charge is 0.244 e. The third-order valence-electron chi connectivity index (χ3n) is 5.50. The molecule has 0 aliphatic rings. The second-order valence-corrected chi connectivity index (χ2v) is 10.5. The highest BCUT2D eigenvalue weighted by Crippen LogP contribution is 2.29. The highest BCUT2D eigenvalue weighted by atomic mass is 32.2. The van der Waals surface area contributed by atoms with Crippen molar-refractivity contribution in [1.82, 2.24) is 10.2 Å². The molecule has 0 bridgehead atoms. The number of likely N-dealkylation sites (N-methyl/N-ethyl adjacent to an activating group) is 1. The van der Waals surface area contributed by atoms with Crippen LogP contribution < -0.4 is 9.62 Å². The van der Waals surface area contributed by atoms with Crippen LogP contribution in [0.5, 0.6) is 0 Å². The Bertz CT molecular complexity index is 1070. The van der Waals surface area contributed by atoms with E-state index in [2.05, 4.69) is 5.32 Å². The minimum atomic E-state index is -3.75. The van der Waals surface area contributed by atoms with Gasteiger partial charge < -0.3 is 10.2 Å². The highest BCUT2D eigenvalue weighted by molar-refractivity contribution is 7.92. The molecule has 0 aliphatic carbocycles. The number of sulfonamides is 1. The van der Waals surface area contributed by atoms with Crippen molar-refractivity contribution in [1.29, 1.82) is 0 Å². The molecule has 0 radical (unpaired) electrons. The van der Waals surface area contributed by atoms with E-state index >= 15 is 0 Å². The number of anilines is 1. The Morgan fingerprint density at radius 3 is 2.15 bits per heavy atom. The molecule has 2 rings (SSSR count). The van der Waals surface area contributed by atoms with Crippen molar-refractivity contribution in [3.05, 3.63) is 65.2 Å². The number of aryl methyl sites for hydroxylation is 1. The van der Waals surface area contributed by atoms with E-state index in [0.29, 0.717) is 12.2 Å². The van der Waals surface area contributed by atoms with Gasteiger partial charge in [-0.05, 0) is 43.9 Å². The van der Waals surface area contributed by atoms with Crippen molar-refractivity contribution in [2.45, 2.75) is 53.1 Å². The molecule has 0 saturated heterocycles. The summed E-state index contributed by atoms with van der Waals surface area (Å²) >= 11 is 0. The summed E-state index contributed by atoms with van der Waals surface area (Å²) in [6, 6.07) is 14.1. The van der Waals surface area contributed by atoms with Crippen LogP contribution in [0.4, 0.5) is 5.69 Å². The molecule has 0 aliphatic heterocycles. The molecule has 2 aromatic rings. The van der Waals surface area contributed by atoms with Crippen LogP contribution in [0.25, 0.3) is 0 Å². The van der Waals surface area contributed by atoms with Gasteiger partial charge in [0.25, 0.3) is 0 Å². The maximum absolute atomic E-state index is 13.5. The lowest BCUT2D eigenvalue weighted by molar-refractivity contribution is -0.139. The number of rotatable bonds is 10. The van der Waals surface area contributed by atoms with Crippen LogP contribution in [0.1, 0.15) is 50.3 Å². The van der Waals surface area contributed by atoms with Crippen molar-refractivity contribution in [2.24, 2.45) is 0 Å². The zero-order valence-corrected chi connectivity index (χ0v) is 21.1. The fourth-order valence-corrected chi connectivity index (χ4v) is 4.46. The molecule has 0 aromatic heterocycles. The van der Waals surface area contributed by atoms with E-state index in [1.54, 1.807) is 19.1 Å². The second-order valence-electron chi connectivity index (χ2n) is 8.56. The van der Waals surface area contributed by atoms with Gasteiger partial charge in [-0.3, -0.25) is 13.9 Å². The number of para-hydroxylation sites is 1. The first kappa shape index (κ1) is 26.4. The summed E-state index contributed by atoms with van der Waals surface area (Å²) in [4.78, 5) is 27.5. The molecular weight excluding hydrogens is 438 g/mol. The second kappa shape index (κ2) is 11.3. The van der Waals surface area contributed by atoms with Gasteiger partial charge in [-0.1, -0.05) is 61.9 Å². The Hall–Kier alpha value is -2.87. The summed E-state index contributed by atoms with van der Waals surface area (Å²) in [6.45, 7) is 9.63. The van der Waals surface area contributed by atoms with Crippen LogP contribution in [0.2, 0.25) is 0 Å². The molecule has 0 spiro atoms. The standard InChI is InChI=1S/C25H35N3O4S/c1-7-26-25(30)20(5)27(16-21-14-12-19(4)13-15-21)24(29)17-28(33(6,31)32)23-11-9-8-10-22(23)18(2)3/h8-15,18,20H,7,16-17H2,1-6H3,(H,26,30). The van der Waals surface area contributed by atoms with Crippen molar-refractivity contribution < 1.29 is 18.0 Å². The van der Waals surface area contributed by atoms with Gasteiger partial charge in [0.05, 0.1) is 11.9 Å². The van der Waals surface area contributed by atoms with Gasteiger partial charge in [-0.15, -0.1) is 0 Å². The fourth-order valence-electron chi connectivity index (χ4n) is 3.59. The Morgan fingerprint density at radius 2 is 1.61 bits per heavy atom. The Kier molecular flexibility index (Phi) is 9.05. The number of benzene rings is 2. The zero-order chi connectivity index (χ0) is 24.8. The first-order valence-corrected chi connectivity index (χ1v) is 13.0. The van der Waals surface area contributed by atoms with Gasteiger partial charge in [0.2, 0.25) is 21.8 Å². The molecule has 2 amide bonds. The van der Waals surface area contributed by atoms with Crippen molar-refractivity contribution in [2.75, 3.05) is 23.7 Å². The number of carbonyl (C=O) groups excluding carboxylic acids is 2. The number of hydrogen-bond donors (Lipinski definition) is 1. The molecular formula is C25H35N3O4S. The van der Waals surface area contributed by atoms with Gasteiger partial charge in [-0.2, -0.15) is 0 Å². The van der Waals surface area contributed by atoms with Gasteiger partial charge in [-0.25, -0.2) is 8.42 Å². The summed E-state index contributed by atoms with van der Waals surface area (Å²) in [7, 11) is -3.75. The molecule has 1 N–H and O–H groups in total. The lowest BCUT2D eigenvalue weighted by Gasteiger charge is -2.32. The summed E-state index contributed by atoms with van der Waals surface area (Å²) in [6.07, 6.45) is 1.09. The number of nitrogens with zero attached hydrogens (tertiary/aromatic N) is 2. The molecule has 0 saturated carbocycles. The minimum Gasteiger partial charge on any atom is -0.355 e. The molecule has 1 atom stereocenters. The van der Waals surface area contributed by atoms with Crippen LogP contribution in [-0.2, 0) is 26.2 Å². The molecule has 1 unspecified atom stereocenters. The summed E-state index contributed by atoms with van der Waals surface area (Å²) in [5.41, 5.74) is 3.25. The number of hydrogen-bond acceptors (Lipinski definition) is 4. The molecule has 8 heteroatoms. The molecule has 180 valence electrons. The van der Waals surface area contributed by atoms with Gasteiger partial charge in [0.1, 0.15) is 12.6 Å². The SMILES string of the molecule is CCNC(=O)C(C)N(Cc1ccc(C)cc1)C(=O)CN(c1ccccc1C(C)C)S(C)(=O)=O. The first-order chi connectivity index (χ1) is 15.5. The van der Waals surface area contributed by atoms with Crippen LogP contribution in [0.15, 0.2) is 48.5 Å². The van der Waals surface area contributed by atoms with Crippen LogP contribution in [0.3, 0.4) is 0 Å².